The van der Waals surface area contributed by atoms with E-state index in [1.165, 1.54) is 0 Å². The van der Waals surface area contributed by atoms with E-state index in [4.69, 9.17) is 10.5 Å². The number of nitrogens with two attached hydrogens (primary N) is 1. The van der Waals surface area contributed by atoms with Crippen molar-refractivity contribution in [2.24, 2.45) is 5.73 Å². The van der Waals surface area contributed by atoms with Gasteiger partial charge in [-0.15, -0.1) is 0 Å². The van der Waals surface area contributed by atoms with Crippen molar-refractivity contribution in [1.82, 2.24) is 5.32 Å². The van der Waals surface area contributed by atoms with Crippen LogP contribution in [0.15, 0.2) is 27.1 Å². The van der Waals surface area contributed by atoms with Crippen LogP contribution < -0.4 is 11.1 Å². The van der Waals surface area contributed by atoms with E-state index in [-0.39, 0.29) is 19.1 Å². The quantitative estimate of drug-likeness (QED) is 0.734. The van der Waals surface area contributed by atoms with Gasteiger partial charge in [-0.05, 0) is 34.1 Å². The van der Waals surface area contributed by atoms with Crippen molar-refractivity contribution in [2.75, 3.05) is 19.8 Å². The lowest BCUT2D eigenvalue weighted by Gasteiger charge is -2.07. The number of ether oxygens (including phenoxy) is 1. The van der Waals surface area contributed by atoms with E-state index in [9.17, 15) is 9.59 Å². The minimum absolute atomic E-state index is 0.142. The molecule has 0 spiro atoms. The van der Waals surface area contributed by atoms with Gasteiger partial charge in [0.15, 0.2) is 0 Å². The third kappa shape index (κ3) is 5.16. The van der Waals surface area contributed by atoms with Gasteiger partial charge in [0.05, 0.1) is 12.2 Å². The number of primary amides is 1. The van der Waals surface area contributed by atoms with Crippen molar-refractivity contribution in [1.29, 1.82) is 0 Å². The molecule has 7 heteroatoms. The summed E-state index contributed by atoms with van der Waals surface area (Å²) in [6, 6.07) is 5.32. The highest BCUT2D eigenvalue weighted by molar-refractivity contribution is 9.11. The minimum atomic E-state index is -0.531. The number of carbonyl (C=O) groups excluding carboxylic acids is 2. The summed E-state index contributed by atoms with van der Waals surface area (Å²) in [6.45, 7) is 0.405. The van der Waals surface area contributed by atoms with E-state index < -0.39 is 5.91 Å². The van der Waals surface area contributed by atoms with Crippen LogP contribution in [0.25, 0.3) is 0 Å². The summed E-state index contributed by atoms with van der Waals surface area (Å²) in [5.74, 6) is -0.748. The van der Waals surface area contributed by atoms with Gasteiger partial charge in [0.25, 0.3) is 5.91 Å². The first-order chi connectivity index (χ1) is 8.50. The zero-order chi connectivity index (χ0) is 13.5. The molecule has 0 saturated heterocycles. The molecule has 2 amide bonds. The van der Waals surface area contributed by atoms with Crippen LogP contribution in [0.1, 0.15) is 10.4 Å². The van der Waals surface area contributed by atoms with Crippen LogP contribution in [0.3, 0.4) is 0 Å². The van der Waals surface area contributed by atoms with Gasteiger partial charge >= 0.3 is 0 Å². The van der Waals surface area contributed by atoms with Crippen molar-refractivity contribution in [3.8, 4) is 0 Å². The molecular formula is C11H12Br2N2O3. The summed E-state index contributed by atoms with van der Waals surface area (Å²) in [6.07, 6.45) is 0. The Morgan fingerprint density at radius 1 is 1.33 bits per heavy atom. The molecule has 1 aromatic rings. The molecular weight excluding hydrogens is 368 g/mol. The van der Waals surface area contributed by atoms with E-state index in [0.29, 0.717) is 16.6 Å². The summed E-state index contributed by atoms with van der Waals surface area (Å²) in [4.78, 5) is 22.2. The predicted molar refractivity (Wildman–Crippen MR) is 74.2 cm³/mol. The first kappa shape index (κ1) is 15.1. The van der Waals surface area contributed by atoms with Crippen molar-refractivity contribution >= 4 is 43.7 Å². The summed E-state index contributed by atoms with van der Waals surface area (Å²) in [7, 11) is 0. The van der Waals surface area contributed by atoms with E-state index in [1.807, 2.05) is 6.07 Å². The second-order valence-corrected chi connectivity index (χ2v) is 5.17. The maximum atomic E-state index is 11.8. The average molecular weight is 380 g/mol. The summed E-state index contributed by atoms with van der Waals surface area (Å²) in [5.41, 5.74) is 5.43. The summed E-state index contributed by atoms with van der Waals surface area (Å²) in [5, 5.41) is 2.67. The molecule has 1 aromatic carbocycles. The van der Waals surface area contributed by atoms with E-state index in [0.717, 1.165) is 4.47 Å². The SMILES string of the molecule is NC(=O)COCCNC(=O)c1cc(Br)ccc1Br. The number of benzene rings is 1. The number of hydrogen-bond donors (Lipinski definition) is 2. The van der Waals surface area contributed by atoms with E-state index in [1.54, 1.807) is 12.1 Å². The first-order valence-electron chi connectivity index (χ1n) is 5.10. The normalized spacial score (nSPS) is 10.1. The Kier molecular flexibility index (Phi) is 6.31. The Hall–Kier alpha value is -0.920. The molecule has 1 rings (SSSR count). The van der Waals surface area contributed by atoms with Gasteiger partial charge in [-0.3, -0.25) is 9.59 Å². The Morgan fingerprint density at radius 2 is 2.06 bits per heavy atom. The van der Waals surface area contributed by atoms with Gasteiger partial charge in [-0.1, -0.05) is 15.9 Å². The molecule has 0 bridgehead atoms. The largest absolute Gasteiger partial charge is 0.370 e. The third-order valence-electron chi connectivity index (χ3n) is 1.95. The maximum Gasteiger partial charge on any atom is 0.252 e. The number of nitrogens with one attached hydrogen (secondary N) is 1. The molecule has 0 atom stereocenters. The van der Waals surface area contributed by atoms with Crippen LogP contribution in [0.4, 0.5) is 0 Å². The number of halogens is 2. The fraction of sp³-hybridized carbons (Fsp3) is 0.273. The lowest BCUT2D eigenvalue weighted by molar-refractivity contribution is -0.122. The number of hydrogen-bond acceptors (Lipinski definition) is 3. The van der Waals surface area contributed by atoms with Gasteiger partial charge in [-0.25, -0.2) is 0 Å². The summed E-state index contributed by atoms with van der Waals surface area (Å²) < 4.78 is 6.45. The van der Waals surface area contributed by atoms with Crippen LogP contribution in [-0.2, 0) is 9.53 Å². The van der Waals surface area contributed by atoms with Crippen LogP contribution in [0, 0.1) is 0 Å². The van der Waals surface area contributed by atoms with Crippen molar-refractivity contribution in [3.05, 3.63) is 32.7 Å². The molecule has 5 nitrogen and oxygen atoms in total. The molecule has 98 valence electrons. The van der Waals surface area contributed by atoms with Crippen molar-refractivity contribution < 1.29 is 14.3 Å². The molecule has 0 heterocycles. The first-order valence-corrected chi connectivity index (χ1v) is 6.68. The Balaban J connectivity index is 2.41. The zero-order valence-electron chi connectivity index (χ0n) is 9.41. The second-order valence-electron chi connectivity index (χ2n) is 3.40. The minimum Gasteiger partial charge on any atom is -0.370 e. The Morgan fingerprint density at radius 3 is 2.72 bits per heavy atom. The molecule has 0 aliphatic heterocycles. The van der Waals surface area contributed by atoms with Gasteiger partial charge in [0, 0.05) is 15.5 Å². The Bertz CT molecular complexity index is 452. The number of carbonyl (C=O) groups is 2. The highest BCUT2D eigenvalue weighted by Gasteiger charge is 2.09. The summed E-state index contributed by atoms with van der Waals surface area (Å²) >= 11 is 6.60. The average Bonchev–Trinajstić information content (AvgIpc) is 2.31. The molecule has 3 N–H and O–H groups in total. The molecule has 0 radical (unpaired) electrons. The fourth-order valence-corrected chi connectivity index (χ4v) is 1.96. The van der Waals surface area contributed by atoms with Crippen LogP contribution in [-0.4, -0.2) is 31.6 Å². The van der Waals surface area contributed by atoms with Gasteiger partial charge in [0.1, 0.15) is 6.61 Å². The van der Waals surface area contributed by atoms with Crippen LogP contribution >= 0.6 is 31.9 Å². The molecule has 18 heavy (non-hydrogen) atoms. The van der Waals surface area contributed by atoms with Gasteiger partial charge in [-0.2, -0.15) is 0 Å². The number of amides is 2. The zero-order valence-corrected chi connectivity index (χ0v) is 12.6. The topological polar surface area (TPSA) is 81.4 Å². The molecule has 0 unspecified atom stereocenters. The van der Waals surface area contributed by atoms with Gasteiger partial charge < -0.3 is 15.8 Å². The molecule has 0 aromatic heterocycles. The van der Waals surface area contributed by atoms with Crippen LogP contribution in [0.2, 0.25) is 0 Å². The number of rotatable bonds is 6. The van der Waals surface area contributed by atoms with Crippen molar-refractivity contribution in [2.45, 2.75) is 0 Å². The Labute approximate surface area is 121 Å². The van der Waals surface area contributed by atoms with E-state index >= 15 is 0 Å². The standard InChI is InChI=1S/C11H12Br2N2O3/c12-7-1-2-9(13)8(5-7)11(17)15-3-4-18-6-10(14)16/h1-2,5H,3-4,6H2,(H2,14,16)(H,15,17). The van der Waals surface area contributed by atoms with Crippen LogP contribution in [0.5, 0.6) is 0 Å². The second kappa shape index (κ2) is 7.50. The lowest BCUT2D eigenvalue weighted by atomic mass is 10.2. The lowest BCUT2D eigenvalue weighted by Crippen LogP contribution is -2.29. The fourth-order valence-electron chi connectivity index (χ4n) is 1.18. The highest BCUT2D eigenvalue weighted by atomic mass is 79.9. The predicted octanol–water partition coefficient (Wildman–Crippen LogP) is 1.44. The van der Waals surface area contributed by atoms with Gasteiger partial charge in [0.2, 0.25) is 5.91 Å². The maximum absolute atomic E-state index is 11.8. The van der Waals surface area contributed by atoms with E-state index in [2.05, 4.69) is 37.2 Å². The molecule has 0 aliphatic carbocycles. The highest BCUT2D eigenvalue weighted by Crippen LogP contribution is 2.21. The smallest absolute Gasteiger partial charge is 0.252 e. The third-order valence-corrected chi connectivity index (χ3v) is 3.13. The molecule has 0 aliphatic rings. The molecule has 0 fully saturated rings. The monoisotopic (exact) mass is 378 g/mol. The van der Waals surface area contributed by atoms with Crippen molar-refractivity contribution in [3.63, 3.8) is 0 Å². The molecule has 0 saturated carbocycles.